The molecule has 226 valence electrons. The van der Waals surface area contributed by atoms with E-state index < -0.39 is 12.2 Å². The highest BCUT2D eigenvalue weighted by molar-refractivity contribution is 5.80. The summed E-state index contributed by atoms with van der Waals surface area (Å²) in [6.07, 6.45) is -0.896. The van der Waals surface area contributed by atoms with Gasteiger partial charge in [-0.3, -0.25) is 4.90 Å². The fraction of sp³-hybridized carbons (Fsp3) is 0.278. The first-order chi connectivity index (χ1) is 21.6. The largest absolute Gasteiger partial charge is 0.449 e. The summed E-state index contributed by atoms with van der Waals surface area (Å²) in [6.45, 7) is 3.62. The number of ether oxygens (including phenoxy) is 2. The zero-order valence-electron chi connectivity index (χ0n) is 24.7. The molecule has 0 saturated carbocycles. The molecule has 4 N–H and O–H groups in total. The van der Waals surface area contributed by atoms with Crippen LogP contribution in [0, 0.1) is 0 Å². The number of rotatable bonds is 12. The van der Waals surface area contributed by atoms with Crippen LogP contribution in [0.3, 0.4) is 0 Å². The molecule has 2 aliphatic carbocycles. The summed E-state index contributed by atoms with van der Waals surface area (Å²) in [5.41, 5.74) is 15.3. The van der Waals surface area contributed by atoms with Crippen LogP contribution >= 0.6 is 0 Å². The van der Waals surface area contributed by atoms with E-state index in [1.54, 1.807) is 0 Å². The highest BCUT2D eigenvalue weighted by Gasteiger charge is 2.30. The lowest BCUT2D eigenvalue weighted by atomic mass is 9.98. The van der Waals surface area contributed by atoms with Crippen molar-refractivity contribution in [2.45, 2.75) is 11.8 Å². The lowest BCUT2D eigenvalue weighted by molar-refractivity contribution is 0.140. The summed E-state index contributed by atoms with van der Waals surface area (Å²) in [6, 6.07) is 33.1. The molecule has 0 aliphatic heterocycles. The molecule has 2 amide bonds. The summed E-state index contributed by atoms with van der Waals surface area (Å²) in [7, 11) is 0. The molecular formula is C36H38N4O4. The molecule has 8 heteroatoms. The molecule has 0 spiro atoms. The molecule has 8 nitrogen and oxygen atoms in total. The van der Waals surface area contributed by atoms with Gasteiger partial charge < -0.3 is 25.8 Å². The first-order valence-corrected chi connectivity index (χ1v) is 15.2. The molecule has 0 radical (unpaired) electrons. The van der Waals surface area contributed by atoms with Crippen LogP contribution in [0.1, 0.15) is 34.1 Å². The number of hydrogen-bond donors (Lipinski definition) is 3. The van der Waals surface area contributed by atoms with Crippen molar-refractivity contribution in [1.29, 1.82) is 0 Å². The van der Waals surface area contributed by atoms with Gasteiger partial charge in [0, 0.05) is 51.1 Å². The SMILES string of the molecule is NCCN(CCNC(=O)OCC1c2ccccc2-c2ccccc21)CCNC(=O)OCC1c2ccccc2-c2ccccc21. The van der Waals surface area contributed by atoms with Crippen LogP contribution in [0.4, 0.5) is 9.59 Å². The van der Waals surface area contributed by atoms with Gasteiger partial charge in [-0.1, -0.05) is 97.1 Å². The van der Waals surface area contributed by atoms with E-state index >= 15 is 0 Å². The standard InChI is InChI=1S/C36H38N4O4/c37-17-20-40(21-18-38-35(41)43-23-33-29-13-5-1-9-25(29)26-10-2-6-14-30(26)33)22-19-39-36(42)44-24-34-31-15-7-3-11-27(31)28-12-4-8-16-32(28)34/h1-16,33-34H,17-24,37H2,(H,38,41)(H,39,42). The van der Waals surface area contributed by atoms with Gasteiger partial charge >= 0.3 is 12.2 Å². The molecule has 0 atom stereocenters. The Labute approximate surface area is 258 Å². The Morgan fingerprint density at radius 3 is 1.25 bits per heavy atom. The summed E-state index contributed by atoms with van der Waals surface area (Å²) in [4.78, 5) is 27.2. The number of nitrogens with two attached hydrogens (primary N) is 1. The molecule has 0 bridgehead atoms. The van der Waals surface area contributed by atoms with Crippen LogP contribution in [0.15, 0.2) is 97.1 Å². The van der Waals surface area contributed by atoms with E-state index in [1.165, 1.54) is 44.5 Å². The zero-order valence-corrected chi connectivity index (χ0v) is 24.7. The predicted molar refractivity (Wildman–Crippen MR) is 172 cm³/mol. The Kier molecular flexibility index (Phi) is 9.20. The van der Waals surface area contributed by atoms with E-state index in [9.17, 15) is 9.59 Å². The maximum absolute atomic E-state index is 12.6. The highest BCUT2D eigenvalue weighted by atomic mass is 16.6. The number of nitrogens with zero attached hydrogens (tertiary/aromatic N) is 1. The Morgan fingerprint density at radius 2 is 0.909 bits per heavy atom. The topological polar surface area (TPSA) is 106 Å². The van der Waals surface area contributed by atoms with Crippen molar-refractivity contribution in [2.24, 2.45) is 5.73 Å². The quantitative estimate of drug-likeness (QED) is 0.206. The predicted octanol–water partition coefficient (Wildman–Crippen LogP) is 5.32. The number of nitrogens with one attached hydrogen (secondary N) is 2. The van der Waals surface area contributed by atoms with Crippen LogP contribution < -0.4 is 16.4 Å². The van der Waals surface area contributed by atoms with Crippen molar-refractivity contribution >= 4 is 12.2 Å². The lowest BCUT2D eigenvalue weighted by Crippen LogP contribution is -2.42. The molecule has 6 rings (SSSR count). The van der Waals surface area contributed by atoms with E-state index in [0.717, 1.165) is 0 Å². The lowest BCUT2D eigenvalue weighted by Gasteiger charge is -2.22. The number of hydrogen-bond acceptors (Lipinski definition) is 6. The second kappa shape index (κ2) is 13.8. The third kappa shape index (κ3) is 6.32. The van der Waals surface area contributed by atoms with Gasteiger partial charge in [0.1, 0.15) is 13.2 Å². The molecular weight excluding hydrogens is 552 g/mol. The third-order valence-corrected chi connectivity index (χ3v) is 8.53. The van der Waals surface area contributed by atoms with Gasteiger partial charge in [0.05, 0.1) is 0 Å². The minimum atomic E-state index is -0.448. The first kappa shape index (κ1) is 29.4. The van der Waals surface area contributed by atoms with Crippen LogP contribution in [0.5, 0.6) is 0 Å². The molecule has 0 aromatic heterocycles. The van der Waals surface area contributed by atoms with Crippen molar-refractivity contribution in [3.05, 3.63) is 119 Å². The Balaban J connectivity index is 0.920. The van der Waals surface area contributed by atoms with Gasteiger partial charge in [-0.2, -0.15) is 0 Å². The Morgan fingerprint density at radius 1 is 0.568 bits per heavy atom. The smallest absolute Gasteiger partial charge is 0.407 e. The van der Waals surface area contributed by atoms with Crippen LogP contribution in [0.2, 0.25) is 0 Å². The first-order valence-electron chi connectivity index (χ1n) is 15.2. The van der Waals surface area contributed by atoms with Crippen molar-refractivity contribution in [3.63, 3.8) is 0 Å². The van der Waals surface area contributed by atoms with Gasteiger partial charge in [0.15, 0.2) is 0 Å². The molecule has 0 fully saturated rings. The molecule has 4 aromatic carbocycles. The highest BCUT2D eigenvalue weighted by Crippen LogP contribution is 2.45. The molecule has 0 unspecified atom stereocenters. The van der Waals surface area contributed by atoms with E-state index in [2.05, 4.69) is 64.1 Å². The van der Waals surface area contributed by atoms with E-state index in [1.807, 2.05) is 48.5 Å². The Hall–Kier alpha value is -4.66. The van der Waals surface area contributed by atoms with Crippen LogP contribution in [-0.2, 0) is 9.47 Å². The normalized spacial score (nSPS) is 13.1. The molecule has 2 aliphatic rings. The van der Waals surface area contributed by atoms with Crippen molar-refractivity contribution < 1.29 is 19.1 Å². The van der Waals surface area contributed by atoms with Crippen molar-refractivity contribution in [2.75, 3.05) is 52.5 Å². The monoisotopic (exact) mass is 590 g/mol. The van der Waals surface area contributed by atoms with Crippen LogP contribution in [0.25, 0.3) is 22.3 Å². The maximum atomic E-state index is 12.6. The number of amides is 2. The third-order valence-electron chi connectivity index (χ3n) is 8.53. The van der Waals surface area contributed by atoms with E-state index in [-0.39, 0.29) is 25.0 Å². The average molecular weight is 591 g/mol. The zero-order chi connectivity index (χ0) is 30.3. The van der Waals surface area contributed by atoms with Crippen LogP contribution in [-0.4, -0.2) is 69.6 Å². The van der Waals surface area contributed by atoms with Gasteiger partial charge in [-0.15, -0.1) is 0 Å². The second-order valence-electron chi connectivity index (χ2n) is 11.1. The minimum Gasteiger partial charge on any atom is -0.449 e. The van der Waals surface area contributed by atoms with Gasteiger partial charge in [0.25, 0.3) is 0 Å². The summed E-state index contributed by atoms with van der Waals surface area (Å²) in [5, 5.41) is 5.71. The minimum absolute atomic E-state index is 0.0193. The second-order valence-corrected chi connectivity index (χ2v) is 11.1. The van der Waals surface area contributed by atoms with E-state index in [4.69, 9.17) is 15.2 Å². The fourth-order valence-corrected chi connectivity index (χ4v) is 6.45. The number of alkyl carbamates (subject to hydrolysis) is 2. The average Bonchev–Trinajstić information content (AvgIpc) is 3.55. The number of carbonyl (C=O) groups is 2. The number of fused-ring (bicyclic) bond motifs is 6. The number of carbonyl (C=O) groups excluding carboxylic acids is 2. The van der Waals surface area contributed by atoms with Crippen molar-refractivity contribution in [1.82, 2.24) is 15.5 Å². The molecule has 44 heavy (non-hydrogen) atoms. The molecule has 4 aromatic rings. The number of benzene rings is 4. The van der Waals surface area contributed by atoms with E-state index in [0.29, 0.717) is 39.3 Å². The molecule has 0 heterocycles. The molecule has 0 saturated heterocycles. The summed E-state index contributed by atoms with van der Waals surface area (Å²) >= 11 is 0. The maximum Gasteiger partial charge on any atom is 0.407 e. The Bertz CT molecular complexity index is 1420. The fourth-order valence-electron chi connectivity index (χ4n) is 6.45. The van der Waals surface area contributed by atoms with Gasteiger partial charge in [-0.25, -0.2) is 9.59 Å². The summed E-state index contributed by atoms with van der Waals surface area (Å²) < 4.78 is 11.3. The van der Waals surface area contributed by atoms with Crippen molar-refractivity contribution in [3.8, 4) is 22.3 Å². The summed E-state index contributed by atoms with van der Waals surface area (Å²) in [5.74, 6) is 0.0387. The van der Waals surface area contributed by atoms with Gasteiger partial charge in [0.2, 0.25) is 0 Å². The van der Waals surface area contributed by atoms with Gasteiger partial charge in [-0.05, 0) is 44.5 Å².